The molecule has 0 saturated carbocycles. The van der Waals surface area contributed by atoms with Crippen LogP contribution in [-0.2, 0) is 5.75 Å². The summed E-state index contributed by atoms with van der Waals surface area (Å²) in [6.07, 6.45) is 0. The topological polar surface area (TPSA) is 51.8 Å². The van der Waals surface area contributed by atoms with Crippen LogP contribution < -0.4 is 5.73 Å². The zero-order chi connectivity index (χ0) is 15.0. The molecule has 21 heavy (non-hydrogen) atoms. The van der Waals surface area contributed by atoms with Gasteiger partial charge in [-0.3, -0.25) is 0 Å². The molecule has 3 rings (SSSR count). The Morgan fingerprint density at radius 3 is 2.76 bits per heavy atom. The first-order chi connectivity index (χ1) is 10.1. The van der Waals surface area contributed by atoms with Crippen molar-refractivity contribution in [2.24, 2.45) is 0 Å². The number of rotatable bonds is 3. The van der Waals surface area contributed by atoms with Crippen molar-refractivity contribution in [1.82, 2.24) is 9.97 Å². The van der Waals surface area contributed by atoms with Crippen LogP contribution >= 0.6 is 23.1 Å². The minimum absolute atomic E-state index is 0.223. The molecule has 0 aliphatic rings. The van der Waals surface area contributed by atoms with Crippen LogP contribution in [0.25, 0.3) is 10.2 Å². The number of fused-ring (bicyclic) bond motifs is 1. The predicted octanol–water partition coefficient (Wildman–Crippen LogP) is 4.32. The zero-order valence-electron chi connectivity index (χ0n) is 11.7. The standard InChI is InChI=1S/C15H14FN3S2/c1-8-9(2)21-15-13(8)14(17)18-12(19-15)7-20-11-6-4-3-5-10(11)16/h3-6H,7H2,1-2H3,(H2,17,18,19). The molecule has 0 radical (unpaired) electrons. The quantitative estimate of drug-likeness (QED) is 0.730. The van der Waals surface area contributed by atoms with Crippen LogP contribution in [0.4, 0.5) is 10.2 Å². The number of hydrogen-bond acceptors (Lipinski definition) is 5. The molecule has 0 atom stereocenters. The lowest BCUT2D eigenvalue weighted by molar-refractivity contribution is 0.602. The molecule has 0 saturated heterocycles. The average Bonchev–Trinajstić information content (AvgIpc) is 2.73. The smallest absolute Gasteiger partial charge is 0.142 e. The van der Waals surface area contributed by atoms with E-state index >= 15 is 0 Å². The summed E-state index contributed by atoms with van der Waals surface area (Å²) in [4.78, 5) is 11.6. The molecular weight excluding hydrogens is 305 g/mol. The van der Waals surface area contributed by atoms with Gasteiger partial charge in [0.25, 0.3) is 0 Å². The second kappa shape index (κ2) is 5.61. The number of benzene rings is 1. The Balaban J connectivity index is 1.90. The van der Waals surface area contributed by atoms with Crippen molar-refractivity contribution in [2.45, 2.75) is 24.5 Å². The van der Waals surface area contributed by atoms with Gasteiger partial charge in [-0.1, -0.05) is 12.1 Å². The van der Waals surface area contributed by atoms with E-state index < -0.39 is 0 Å². The summed E-state index contributed by atoms with van der Waals surface area (Å²) in [5.74, 6) is 1.41. The molecule has 3 aromatic rings. The molecule has 2 N–H and O–H groups in total. The summed E-state index contributed by atoms with van der Waals surface area (Å²) < 4.78 is 13.6. The van der Waals surface area contributed by atoms with Gasteiger partial charge in [-0.25, -0.2) is 14.4 Å². The van der Waals surface area contributed by atoms with E-state index in [1.54, 1.807) is 23.5 Å². The third-order valence-electron chi connectivity index (χ3n) is 3.30. The van der Waals surface area contributed by atoms with E-state index in [1.165, 1.54) is 22.7 Å². The van der Waals surface area contributed by atoms with Gasteiger partial charge in [-0.05, 0) is 31.5 Å². The summed E-state index contributed by atoms with van der Waals surface area (Å²) in [7, 11) is 0. The molecule has 2 heterocycles. The Bertz CT molecular complexity index is 814. The number of thiophene rings is 1. The van der Waals surface area contributed by atoms with E-state index in [0.717, 1.165) is 15.8 Å². The molecule has 3 nitrogen and oxygen atoms in total. The number of nitrogen functional groups attached to an aromatic ring is 1. The van der Waals surface area contributed by atoms with E-state index in [0.29, 0.717) is 22.3 Å². The molecular formula is C15H14FN3S2. The van der Waals surface area contributed by atoms with Gasteiger partial charge in [0.1, 0.15) is 22.3 Å². The Kier molecular flexibility index (Phi) is 3.82. The van der Waals surface area contributed by atoms with Crippen LogP contribution in [0.5, 0.6) is 0 Å². The number of halogens is 1. The maximum atomic E-state index is 13.6. The maximum Gasteiger partial charge on any atom is 0.142 e. The zero-order valence-corrected chi connectivity index (χ0v) is 13.3. The Morgan fingerprint density at radius 2 is 2.00 bits per heavy atom. The Hall–Kier alpha value is -1.66. The first kappa shape index (κ1) is 14.3. The van der Waals surface area contributed by atoms with Gasteiger partial charge in [0.05, 0.1) is 11.1 Å². The van der Waals surface area contributed by atoms with Crippen molar-refractivity contribution in [3.8, 4) is 0 Å². The van der Waals surface area contributed by atoms with Crippen LogP contribution in [0.2, 0.25) is 0 Å². The number of nitrogens with zero attached hydrogens (tertiary/aromatic N) is 2. The number of aromatic nitrogens is 2. The third kappa shape index (κ3) is 2.73. The van der Waals surface area contributed by atoms with Crippen LogP contribution in [0.3, 0.4) is 0 Å². The molecule has 0 bridgehead atoms. The minimum atomic E-state index is -0.223. The molecule has 0 unspecified atom stereocenters. The van der Waals surface area contributed by atoms with Crippen LogP contribution in [0.15, 0.2) is 29.2 Å². The second-order valence-electron chi connectivity index (χ2n) is 4.71. The Morgan fingerprint density at radius 1 is 1.24 bits per heavy atom. The van der Waals surface area contributed by atoms with Crippen molar-refractivity contribution in [3.63, 3.8) is 0 Å². The van der Waals surface area contributed by atoms with Crippen LogP contribution in [0, 0.1) is 19.7 Å². The molecule has 6 heteroatoms. The van der Waals surface area contributed by atoms with Gasteiger partial charge in [0.15, 0.2) is 0 Å². The summed E-state index contributed by atoms with van der Waals surface area (Å²) >= 11 is 2.99. The van der Waals surface area contributed by atoms with Crippen molar-refractivity contribution in [2.75, 3.05) is 5.73 Å². The van der Waals surface area contributed by atoms with Gasteiger partial charge >= 0.3 is 0 Å². The minimum Gasteiger partial charge on any atom is -0.383 e. The molecule has 0 fully saturated rings. The number of thioether (sulfide) groups is 1. The van der Waals surface area contributed by atoms with Gasteiger partial charge in [-0.2, -0.15) is 0 Å². The van der Waals surface area contributed by atoms with Gasteiger partial charge in [0.2, 0.25) is 0 Å². The highest BCUT2D eigenvalue weighted by atomic mass is 32.2. The van der Waals surface area contributed by atoms with Crippen molar-refractivity contribution >= 4 is 39.1 Å². The van der Waals surface area contributed by atoms with Gasteiger partial charge in [-0.15, -0.1) is 23.1 Å². The average molecular weight is 319 g/mol. The first-order valence-electron chi connectivity index (χ1n) is 6.45. The number of nitrogens with two attached hydrogens (primary N) is 1. The number of hydrogen-bond donors (Lipinski definition) is 1. The summed E-state index contributed by atoms with van der Waals surface area (Å²) in [6, 6.07) is 6.70. The van der Waals surface area contributed by atoms with Crippen LogP contribution in [0.1, 0.15) is 16.3 Å². The van der Waals surface area contributed by atoms with E-state index in [-0.39, 0.29) is 5.82 Å². The lowest BCUT2D eigenvalue weighted by atomic mass is 10.2. The molecule has 108 valence electrons. The van der Waals surface area contributed by atoms with E-state index in [4.69, 9.17) is 5.73 Å². The fourth-order valence-electron chi connectivity index (χ4n) is 2.10. The highest BCUT2D eigenvalue weighted by Crippen LogP contribution is 2.33. The lowest BCUT2D eigenvalue weighted by Gasteiger charge is -2.04. The van der Waals surface area contributed by atoms with Gasteiger partial charge in [0, 0.05) is 9.77 Å². The lowest BCUT2D eigenvalue weighted by Crippen LogP contribution is -1.99. The first-order valence-corrected chi connectivity index (χ1v) is 8.26. The highest BCUT2D eigenvalue weighted by Gasteiger charge is 2.13. The fraction of sp³-hybridized carbons (Fsp3) is 0.200. The molecule has 1 aromatic carbocycles. The normalized spacial score (nSPS) is 11.2. The molecule has 2 aromatic heterocycles. The second-order valence-corrected chi connectivity index (χ2v) is 6.93. The van der Waals surface area contributed by atoms with Crippen molar-refractivity contribution < 1.29 is 4.39 Å². The summed E-state index contributed by atoms with van der Waals surface area (Å²) in [5, 5.41) is 0.942. The van der Waals surface area contributed by atoms with E-state index in [2.05, 4.69) is 16.9 Å². The monoisotopic (exact) mass is 319 g/mol. The predicted molar refractivity (Wildman–Crippen MR) is 87.3 cm³/mol. The van der Waals surface area contributed by atoms with Crippen molar-refractivity contribution in [1.29, 1.82) is 0 Å². The molecule has 0 aliphatic carbocycles. The fourth-order valence-corrected chi connectivity index (χ4v) is 3.95. The maximum absolute atomic E-state index is 13.6. The van der Waals surface area contributed by atoms with Gasteiger partial charge < -0.3 is 5.73 Å². The highest BCUT2D eigenvalue weighted by molar-refractivity contribution is 7.98. The summed E-state index contributed by atoms with van der Waals surface area (Å²) in [6.45, 7) is 4.08. The summed E-state index contributed by atoms with van der Waals surface area (Å²) in [5.41, 5.74) is 7.18. The SMILES string of the molecule is Cc1sc2nc(CSc3ccccc3F)nc(N)c2c1C. The number of aryl methyl sites for hydroxylation is 2. The van der Waals surface area contributed by atoms with Crippen LogP contribution in [-0.4, -0.2) is 9.97 Å². The van der Waals surface area contributed by atoms with E-state index in [1.807, 2.05) is 13.0 Å². The van der Waals surface area contributed by atoms with E-state index in [9.17, 15) is 4.39 Å². The molecule has 0 amide bonds. The molecule has 0 spiro atoms. The Labute approximate surface area is 130 Å². The largest absolute Gasteiger partial charge is 0.383 e. The van der Waals surface area contributed by atoms with Crippen molar-refractivity contribution in [3.05, 3.63) is 46.3 Å². The number of anilines is 1. The third-order valence-corrected chi connectivity index (χ3v) is 5.44. The molecule has 0 aliphatic heterocycles.